The minimum Gasteiger partial charge on any atom is -0.338 e. The molecular weight excluding hydrogens is 214 g/mol. The van der Waals surface area contributed by atoms with E-state index in [0.29, 0.717) is 19.4 Å². The van der Waals surface area contributed by atoms with Gasteiger partial charge in [0.1, 0.15) is 5.82 Å². The SMILES string of the molecule is Cn1ccnc1CCS(=O)(=O)CCCN. The third kappa shape index (κ3) is 4.01. The molecule has 0 amide bonds. The van der Waals surface area contributed by atoms with Crippen molar-refractivity contribution in [2.75, 3.05) is 18.1 Å². The highest BCUT2D eigenvalue weighted by Crippen LogP contribution is 2.00. The predicted octanol–water partition coefficient (Wildman–Crippen LogP) is -0.274. The van der Waals surface area contributed by atoms with Gasteiger partial charge in [0.2, 0.25) is 0 Å². The van der Waals surface area contributed by atoms with Crippen molar-refractivity contribution in [3.05, 3.63) is 18.2 Å². The molecule has 5 nitrogen and oxygen atoms in total. The molecule has 0 radical (unpaired) electrons. The molecule has 0 fully saturated rings. The molecule has 0 atom stereocenters. The van der Waals surface area contributed by atoms with Gasteiger partial charge in [-0.15, -0.1) is 0 Å². The van der Waals surface area contributed by atoms with Gasteiger partial charge < -0.3 is 10.3 Å². The first-order valence-corrected chi connectivity index (χ1v) is 6.74. The maximum absolute atomic E-state index is 11.5. The fraction of sp³-hybridized carbons (Fsp3) is 0.667. The summed E-state index contributed by atoms with van der Waals surface area (Å²) in [5.74, 6) is 1.12. The summed E-state index contributed by atoms with van der Waals surface area (Å²) < 4.78 is 24.8. The summed E-state index contributed by atoms with van der Waals surface area (Å²) >= 11 is 0. The standard InChI is InChI=1S/C9H17N3O2S/c1-12-6-5-11-9(12)3-8-15(13,14)7-2-4-10/h5-6H,2-4,7-8,10H2,1H3. The lowest BCUT2D eigenvalue weighted by molar-refractivity contribution is 0.591. The van der Waals surface area contributed by atoms with Crippen LogP contribution in [0.25, 0.3) is 0 Å². The molecule has 0 aromatic carbocycles. The Morgan fingerprint density at radius 1 is 1.47 bits per heavy atom. The van der Waals surface area contributed by atoms with Crippen LogP contribution in [0.1, 0.15) is 12.2 Å². The van der Waals surface area contributed by atoms with Crippen LogP contribution in [-0.2, 0) is 23.3 Å². The first-order chi connectivity index (χ1) is 7.05. The second-order valence-electron chi connectivity index (χ2n) is 3.50. The molecule has 2 N–H and O–H groups in total. The molecule has 1 heterocycles. The molecular formula is C9H17N3O2S. The van der Waals surface area contributed by atoms with Crippen LogP contribution < -0.4 is 5.73 Å². The molecule has 1 aromatic heterocycles. The third-order valence-electron chi connectivity index (χ3n) is 2.22. The van der Waals surface area contributed by atoms with Gasteiger partial charge in [0.15, 0.2) is 9.84 Å². The van der Waals surface area contributed by atoms with Gasteiger partial charge in [-0.1, -0.05) is 0 Å². The highest BCUT2D eigenvalue weighted by molar-refractivity contribution is 7.91. The molecule has 0 saturated carbocycles. The Balaban J connectivity index is 2.46. The van der Waals surface area contributed by atoms with Gasteiger partial charge in [-0.3, -0.25) is 0 Å². The molecule has 0 aliphatic rings. The van der Waals surface area contributed by atoms with Crippen LogP contribution in [0, 0.1) is 0 Å². The van der Waals surface area contributed by atoms with Gasteiger partial charge in [0, 0.05) is 25.9 Å². The Morgan fingerprint density at radius 3 is 2.73 bits per heavy atom. The second-order valence-corrected chi connectivity index (χ2v) is 5.80. The van der Waals surface area contributed by atoms with Crippen molar-refractivity contribution in [2.45, 2.75) is 12.8 Å². The summed E-state index contributed by atoms with van der Waals surface area (Å²) in [5.41, 5.74) is 5.27. The van der Waals surface area contributed by atoms with Crippen molar-refractivity contribution in [1.29, 1.82) is 0 Å². The normalized spacial score (nSPS) is 11.9. The Hall–Kier alpha value is -0.880. The molecule has 0 saturated heterocycles. The summed E-state index contributed by atoms with van der Waals surface area (Å²) in [4.78, 5) is 4.07. The summed E-state index contributed by atoms with van der Waals surface area (Å²) in [5, 5.41) is 0. The van der Waals surface area contributed by atoms with E-state index in [1.807, 2.05) is 17.8 Å². The second kappa shape index (κ2) is 5.27. The minimum atomic E-state index is -2.97. The van der Waals surface area contributed by atoms with Gasteiger partial charge >= 0.3 is 0 Å². The van der Waals surface area contributed by atoms with Crippen LogP contribution in [0.2, 0.25) is 0 Å². The number of aryl methyl sites for hydroxylation is 2. The van der Waals surface area contributed by atoms with Crippen LogP contribution in [0.3, 0.4) is 0 Å². The van der Waals surface area contributed by atoms with Crippen LogP contribution in [0.4, 0.5) is 0 Å². The number of hydrogen-bond acceptors (Lipinski definition) is 4. The molecule has 15 heavy (non-hydrogen) atoms. The lowest BCUT2D eigenvalue weighted by atomic mass is 10.4. The number of nitrogens with zero attached hydrogens (tertiary/aromatic N) is 2. The quantitative estimate of drug-likeness (QED) is 0.731. The summed E-state index contributed by atoms with van der Waals surface area (Å²) in [7, 11) is -1.11. The van der Waals surface area contributed by atoms with E-state index in [-0.39, 0.29) is 11.5 Å². The zero-order chi connectivity index (χ0) is 11.3. The first kappa shape index (κ1) is 12.2. The highest BCUT2D eigenvalue weighted by Gasteiger charge is 2.11. The van der Waals surface area contributed by atoms with Crippen molar-refractivity contribution in [1.82, 2.24) is 9.55 Å². The number of aromatic nitrogens is 2. The molecule has 1 rings (SSSR count). The Morgan fingerprint density at radius 2 is 2.20 bits per heavy atom. The van der Waals surface area contributed by atoms with Crippen LogP contribution in [0.15, 0.2) is 12.4 Å². The molecule has 0 unspecified atom stereocenters. The summed E-state index contributed by atoms with van der Waals surface area (Å²) in [6.45, 7) is 0.418. The van der Waals surface area contributed by atoms with Gasteiger partial charge in [-0.25, -0.2) is 13.4 Å². The lowest BCUT2D eigenvalue weighted by Crippen LogP contribution is -2.17. The number of sulfone groups is 1. The Kier molecular flexibility index (Phi) is 4.28. The average Bonchev–Trinajstić information content (AvgIpc) is 2.58. The fourth-order valence-electron chi connectivity index (χ4n) is 1.29. The van der Waals surface area contributed by atoms with Crippen LogP contribution in [0.5, 0.6) is 0 Å². The van der Waals surface area contributed by atoms with Crippen molar-refractivity contribution in [3.63, 3.8) is 0 Å². The molecule has 0 aliphatic heterocycles. The van der Waals surface area contributed by atoms with E-state index in [0.717, 1.165) is 5.82 Å². The number of hydrogen-bond donors (Lipinski definition) is 1. The van der Waals surface area contributed by atoms with E-state index < -0.39 is 9.84 Å². The van der Waals surface area contributed by atoms with Crippen molar-refractivity contribution >= 4 is 9.84 Å². The fourth-order valence-corrected chi connectivity index (χ4v) is 2.59. The number of imidazole rings is 1. The molecule has 0 bridgehead atoms. The van der Waals surface area contributed by atoms with Gasteiger partial charge in [0.25, 0.3) is 0 Å². The largest absolute Gasteiger partial charge is 0.338 e. The Labute approximate surface area is 90.2 Å². The van der Waals surface area contributed by atoms with E-state index in [9.17, 15) is 8.42 Å². The van der Waals surface area contributed by atoms with E-state index in [2.05, 4.69) is 4.98 Å². The van der Waals surface area contributed by atoms with Gasteiger partial charge in [-0.05, 0) is 13.0 Å². The molecule has 86 valence electrons. The topological polar surface area (TPSA) is 78.0 Å². The maximum Gasteiger partial charge on any atom is 0.150 e. The predicted molar refractivity (Wildman–Crippen MR) is 59.2 cm³/mol. The Bertz CT molecular complexity index is 397. The van der Waals surface area contributed by atoms with Crippen molar-refractivity contribution in [3.8, 4) is 0 Å². The van der Waals surface area contributed by atoms with Crippen molar-refractivity contribution < 1.29 is 8.42 Å². The van der Waals surface area contributed by atoms with Gasteiger partial charge in [0.05, 0.1) is 11.5 Å². The van der Waals surface area contributed by atoms with Crippen molar-refractivity contribution in [2.24, 2.45) is 12.8 Å². The average molecular weight is 231 g/mol. The lowest BCUT2D eigenvalue weighted by Gasteiger charge is -2.03. The molecule has 0 spiro atoms. The summed E-state index contributed by atoms with van der Waals surface area (Å²) in [6.07, 6.45) is 4.48. The van der Waals surface area contributed by atoms with Gasteiger partial charge in [-0.2, -0.15) is 0 Å². The molecule has 1 aromatic rings. The zero-order valence-electron chi connectivity index (χ0n) is 8.89. The molecule has 6 heteroatoms. The number of rotatable bonds is 6. The zero-order valence-corrected chi connectivity index (χ0v) is 9.70. The van der Waals surface area contributed by atoms with Crippen LogP contribution in [-0.4, -0.2) is 36.0 Å². The molecule has 0 aliphatic carbocycles. The minimum absolute atomic E-state index is 0.151. The van der Waals surface area contributed by atoms with E-state index >= 15 is 0 Å². The monoisotopic (exact) mass is 231 g/mol. The van der Waals surface area contributed by atoms with Crippen LogP contribution >= 0.6 is 0 Å². The highest BCUT2D eigenvalue weighted by atomic mass is 32.2. The number of nitrogens with two attached hydrogens (primary N) is 1. The third-order valence-corrected chi connectivity index (χ3v) is 3.95. The van der Waals surface area contributed by atoms with E-state index in [4.69, 9.17) is 5.73 Å². The van der Waals surface area contributed by atoms with E-state index in [1.165, 1.54) is 0 Å². The summed E-state index contributed by atoms with van der Waals surface area (Å²) in [6, 6.07) is 0. The maximum atomic E-state index is 11.5. The van der Waals surface area contributed by atoms with E-state index in [1.54, 1.807) is 6.20 Å². The first-order valence-electron chi connectivity index (χ1n) is 4.92. The smallest absolute Gasteiger partial charge is 0.150 e.